The Morgan fingerprint density at radius 1 is 1.12 bits per heavy atom. The van der Waals surface area contributed by atoms with Crippen LogP contribution in [-0.4, -0.2) is 89.0 Å². The van der Waals surface area contributed by atoms with E-state index < -0.39 is 94.2 Å². The van der Waals surface area contributed by atoms with Crippen molar-refractivity contribution in [3.05, 3.63) is 47.0 Å². The standard InChI is InChI=1S/C33H33F3N6O8/c1-4-50-19-8-5-14(9-15(19)11-41-29(49)33(34,35)36)16-6-7-18(43)20-17(16)10-30(39)12-32(40)25(42(2)3)24(45)21(28(38)48)26(46)31(32,13-37)27(47)22(30)23(20)44/h5-9,21-22,25,43H,4,10-12,39-40H2,1-3H3,(H2,38,48)(H,41,49)/t21?,22?,25?,30-,31+,32-/m1/s1. The van der Waals surface area contributed by atoms with Crippen LogP contribution in [0.15, 0.2) is 30.3 Å². The van der Waals surface area contributed by atoms with Gasteiger partial charge in [0.2, 0.25) is 5.91 Å². The molecule has 2 aromatic rings. The zero-order valence-electron chi connectivity index (χ0n) is 27.0. The molecule has 3 aliphatic carbocycles. The van der Waals surface area contributed by atoms with Gasteiger partial charge in [0, 0.05) is 17.6 Å². The third-order valence-electron chi connectivity index (χ3n) is 9.84. The third kappa shape index (κ3) is 5.05. The summed E-state index contributed by atoms with van der Waals surface area (Å²) in [6.07, 6.45) is -6.15. The molecule has 0 spiro atoms. The number of primary amides is 1. The van der Waals surface area contributed by atoms with Crippen molar-refractivity contribution in [3.8, 4) is 28.7 Å². The summed E-state index contributed by atoms with van der Waals surface area (Å²) in [7, 11) is 2.76. The SMILES string of the molecule is CCOc1ccc(-c2ccc(O)c3c2C[C@@]2(N)C[C@@]4(N)C(N(C)C)C(=O)C(C(N)=O)C(=O)[C@@]4(C#N)C(=O)C2C3=O)cc1CNC(=O)C(F)(F)F. The Morgan fingerprint density at radius 2 is 1.78 bits per heavy atom. The molecule has 0 aromatic heterocycles. The lowest BCUT2D eigenvalue weighted by atomic mass is 9.42. The van der Waals surface area contributed by atoms with Crippen molar-refractivity contribution in [3.63, 3.8) is 0 Å². The van der Waals surface area contributed by atoms with Crippen molar-refractivity contribution in [1.29, 1.82) is 5.26 Å². The van der Waals surface area contributed by atoms with Gasteiger partial charge in [-0.1, -0.05) is 12.1 Å². The van der Waals surface area contributed by atoms with Gasteiger partial charge in [-0.3, -0.25) is 33.7 Å². The van der Waals surface area contributed by atoms with E-state index >= 15 is 0 Å². The molecule has 2 amide bonds. The molecule has 0 aliphatic heterocycles. The van der Waals surface area contributed by atoms with Crippen molar-refractivity contribution >= 4 is 34.9 Å². The fourth-order valence-corrected chi connectivity index (χ4v) is 7.93. The minimum absolute atomic E-state index is 0.105. The van der Waals surface area contributed by atoms with E-state index in [0.717, 1.165) is 6.07 Å². The normalized spacial score (nSPS) is 29.1. The molecule has 2 aromatic carbocycles. The average molecular weight is 699 g/mol. The summed E-state index contributed by atoms with van der Waals surface area (Å²) in [5, 5.41) is 23.3. The second-order valence-corrected chi connectivity index (χ2v) is 13.0. The average Bonchev–Trinajstić information content (AvgIpc) is 2.99. The smallest absolute Gasteiger partial charge is 0.471 e. The Kier molecular flexibility index (Phi) is 8.67. The number of nitrogens with two attached hydrogens (primary N) is 3. The number of Topliss-reactive ketones (excluding diaryl/α,β-unsaturated/α-hetero) is 4. The topological polar surface area (TPSA) is 249 Å². The van der Waals surface area contributed by atoms with Gasteiger partial charge in [0.05, 0.1) is 29.8 Å². The fraction of sp³-hybridized carbons (Fsp3) is 0.424. The number of hydrogen-bond acceptors (Lipinski definition) is 12. The molecule has 14 nitrogen and oxygen atoms in total. The van der Waals surface area contributed by atoms with E-state index in [2.05, 4.69) is 0 Å². The number of nitriles is 1. The number of halogens is 3. The van der Waals surface area contributed by atoms with Crippen LogP contribution in [0.3, 0.4) is 0 Å². The molecule has 0 heterocycles. The largest absolute Gasteiger partial charge is 0.507 e. The number of alkyl halides is 3. The van der Waals surface area contributed by atoms with Crippen LogP contribution in [0.5, 0.6) is 11.5 Å². The van der Waals surface area contributed by atoms with Crippen molar-refractivity contribution in [1.82, 2.24) is 10.2 Å². The van der Waals surface area contributed by atoms with E-state index in [1.807, 2.05) is 0 Å². The lowest BCUT2D eigenvalue weighted by Gasteiger charge is -2.60. The summed E-state index contributed by atoms with van der Waals surface area (Å²) < 4.78 is 44.3. The van der Waals surface area contributed by atoms with E-state index in [9.17, 15) is 52.3 Å². The Balaban J connectivity index is 1.69. The first-order valence-corrected chi connectivity index (χ1v) is 15.3. The van der Waals surface area contributed by atoms with Crippen LogP contribution in [0.4, 0.5) is 13.2 Å². The summed E-state index contributed by atoms with van der Waals surface area (Å²) in [5.41, 5.74) is 12.3. The molecule has 0 radical (unpaired) electrons. The fourth-order valence-electron chi connectivity index (χ4n) is 7.93. The first-order valence-electron chi connectivity index (χ1n) is 15.3. The summed E-state index contributed by atoms with van der Waals surface area (Å²) in [6.45, 7) is 1.19. The Hall–Kier alpha value is -5.18. The summed E-state index contributed by atoms with van der Waals surface area (Å²) in [4.78, 5) is 81.5. The second kappa shape index (κ2) is 12.0. The molecule has 0 bridgehead atoms. The Bertz CT molecular complexity index is 1930. The highest BCUT2D eigenvalue weighted by molar-refractivity contribution is 6.33. The predicted octanol–water partition coefficient (Wildman–Crippen LogP) is 0.0527. The van der Waals surface area contributed by atoms with Gasteiger partial charge < -0.3 is 32.4 Å². The van der Waals surface area contributed by atoms with Crippen molar-refractivity contribution in [2.75, 3.05) is 20.7 Å². The van der Waals surface area contributed by atoms with Gasteiger partial charge in [0.25, 0.3) is 0 Å². The number of benzene rings is 2. The summed E-state index contributed by atoms with van der Waals surface area (Å²) in [5.74, 6) is -13.1. The number of likely N-dealkylation sites (N-methyl/N-ethyl adjacent to an activating group) is 1. The molecule has 2 fully saturated rings. The van der Waals surface area contributed by atoms with Crippen molar-refractivity contribution in [2.24, 2.45) is 34.5 Å². The zero-order chi connectivity index (χ0) is 37.3. The Labute approximate surface area is 282 Å². The quantitative estimate of drug-likeness (QED) is 0.241. The lowest BCUT2D eigenvalue weighted by Crippen LogP contribution is -2.85. The maximum absolute atomic E-state index is 14.5. The molecular formula is C33H33F3N6O8. The molecule has 3 aliphatic rings. The number of fused-ring (bicyclic) bond motifs is 3. The van der Waals surface area contributed by atoms with E-state index in [0.29, 0.717) is 5.56 Å². The van der Waals surface area contributed by atoms with E-state index in [1.165, 1.54) is 43.3 Å². The first kappa shape index (κ1) is 36.1. The number of aromatic hydroxyl groups is 1. The number of rotatable bonds is 7. The van der Waals surface area contributed by atoms with Crippen LogP contribution in [0, 0.1) is 28.6 Å². The molecule has 6 atom stereocenters. The summed E-state index contributed by atoms with van der Waals surface area (Å²) >= 11 is 0. The van der Waals surface area contributed by atoms with Gasteiger partial charge >= 0.3 is 12.1 Å². The highest BCUT2D eigenvalue weighted by Crippen LogP contribution is 2.57. The van der Waals surface area contributed by atoms with Gasteiger partial charge in [-0.2, -0.15) is 18.4 Å². The first-order chi connectivity index (χ1) is 23.2. The van der Waals surface area contributed by atoms with Crippen LogP contribution >= 0.6 is 0 Å². The molecule has 17 heteroatoms. The van der Waals surface area contributed by atoms with Crippen molar-refractivity contribution < 1.29 is 51.8 Å². The maximum atomic E-state index is 14.5. The molecule has 3 unspecified atom stereocenters. The minimum Gasteiger partial charge on any atom is -0.507 e. The molecule has 2 saturated carbocycles. The van der Waals surface area contributed by atoms with Gasteiger partial charge in [-0.05, 0) is 68.8 Å². The number of carbonyl (C=O) groups is 6. The van der Waals surface area contributed by atoms with Gasteiger partial charge in [-0.15, -0.1) is 0 Å². The molecule has 5 rings (SSSR count). The molecule has 0 saturated heterocycles. The van der Waals surface area contributed by atoms with Crippen molar-refractivity contribution in [2.45, 2.75) is 49.6 Å². The number of nitrogens with one attached hydrogen (secondary N) is 1. The molecule has 264 valence electrons. The highest BCUT2D eigenvalue weighted by Gasteiger charge is 2.78. The number of hydrogen-bond donors (Lipinski definition) is 5. The highest BCUT2D eigenvalue weighted by atomic mass is 19.4. The van der Waals surface area contributed by atoms with Gasteiger partial charge in [0.1, 0.15) is 17.4 Å². The molecule has 8 N–H and O–H groups in total. The van der Waals surface area contributed by atoms with Crippen LogP contribution in [0.25, 0.3) is 11.1 Å². The third-order valence-corrected chi connectivity index (χ3v) is 9.84. The lowest BCUT2D eigenvalue weighted by molar-refractivity contribution is -0.173. The number of ketones is 4. The summed E-state index contributed by atoms with van der Waals surface area (Å²) in [6, 6.07) is 6.98. The zero-order valence-corrected chi connectivity index (χ0v) is 27.0. The van der Waals surface area contributed by atoms with Crippen LogP contribution in [0.1, 0.15) is 34.8 Å². The van der Waals surface area contributed by atoms with E-state index in [-0.39, 0.29) is 41.0 Å². The van der Waals surface area contributed by atoms with Gasteiger partial charge in [0.15, 0.2) is 34.5 Å². The van der Waals surface area contributed by atoms with Crippen LogP contribution in [0.2, 0.25) is 0 Å². The van der Waals surface area contributed by atoms with Crippen LogP contribution in [-0.2, 0) is 36.9 Å². The number of phenols is 1. The number of phenolic OH excluding ortho intramolecular Hbond substituents is 1. The van der Waals surface area contributed by atoms with E-state index in [4.69, 9.17) is 21.9 Å². The minimum atomic E-state index is -5.15. The maximum Gasteiger partial charge on any atom is 0.471 e. The second-order valence-electron chi connectivity index (χ2n) is 13.0. The molecular weight excluding hydrogens is 665 g/mol. The monoisotopic (exact) mass is 698 g/mol. The number of carbonyl (C=O) groups excluding carboxylic acids is 6. The number of ether oxygens (including phenoxy) is 1. The predicted molar refractivity (Wildman–Crippen MR) is 166 cm³/mol. The number of amides is 2. The van der Waals surface area contributed by atoms with E-state index in [1.54, 1.807) is 18.3 Å². The van der Waals surface area contributed by atoms with Gasteiger partial charge in [-0.25, -0.2) is 0 Å². The Morgan fingerprint density at radius 3 is 2.34 bits per heavy atom. The molecule has 50 heavy (non-hydrogen) atoms. The van der Waals surface area contributed by atoms with Crippen LogP contribution < -0.4 is 27.3 Å². The number of nitrogens with zero attached hydrogens (tertiary/aromatic N) is 2.